The highest BCUT2D eigenvalue weighted by Gasteiger charge is 2.53. The maximum Gasteiger partial charge on any atom is 0.309 e. The summed E-state index contributed by atoms with van der Waals surface area (Å²) in [7, 11) is 0. The number of carbonyl (C=O) groups is 2. The predicted octanol–water partition coefficient (Wildman–Crippen LogP) is 3.28. The van der Waals surface area contributed by atoms with Gasteiger partial charge in [0.1, 0.15) is 0 Å². The van der Waals surface area contributed by atoms with E-state index in [9.17, 15) is 9.59 Å². The van der Waals surface area contributed by atoms with Crippen molar-refractivity contribution >= 4 is 27.8 Å². The zero-order chi connectivity index (χ0) is 16.4. The van der Waals surface area contributed by atoms with Crippen LogP contribution in [0.3, 0.4) is 0 Å². The largest absolute Gasteiger partial charge is 0.466 e. The molecule has 1 saturated heterocycles. The fourth-order valence-electron chi connectivity index (χ4n) is 3.42. The highest BCUT2D eigenvalue weighted by Crippen LogP contribution is 2.50. The van der Waals surface area contributed by atoms with Crippen molar-refractivity contribution < 1.29 is 14.3 Å². The Hall–Kier alpha value is -1.36. The molecule has 1 aromatic carbocycles. The summed E-state index contributed by atoms with van der Waals surface area (Å²) in [6.07, 6.45) is 3.25. The normalized spacial score (nSPS) is 20.2. The lowest BCUT2D eigenvalue weighted by atomic mass is 9.91. The number of hydrogen-bond donors (Lipinski definition) is 0. The van der Waals surface area contributed by atoms with Crippen molar-refractivity contribution in [2.24, 2.45) is 5.92 Å². The Morgan fingerprint density at radius 1 is 1.30 bits per heavy atom. The monoisotopic (exact) mass is 379 g/mol. The van der Waals surface area contributed by atoms with Crippen LogP contribution < -0.4 is 0 Å². The minimum absolute atomic E-state index is 0.0555. The predicted molar refractivity (Wildman–Crippen MR) is 91.0 cm³/mol. The Kier molecular flexibility index (Phi) is 4.76. The van der Waals surface area contributed by atoms with E-state index >= 15 is 0 Å². The average molecular weight is 380 g/mol. The molecule has 0 unspecified atom stereocenters. The van der Waals surface area contributed by atoms with Crippen LogP contribution in [-0.2, 0) is 19.7 Å². The second-order valence-electron chi connectivity index (χ2n) is 6.41. The van der Waals surface area contributed by atoms with Crippen molar-refractivity contribution in [3.8, 4) is 0 Å². The molecular formula is C18H22BrNO3. The SMILES string of the molecule is CCOC(=O)C1CCN(C(=O)C2(c3cccc(Br)c3)CC2)CC1. The molecule has 1 aliphatic carbocycles. The van der Waals surface area contributed by atoms with Gasteiger partial charge < -0.3 is 9.64 Å². The Morgan fingerprint density at radius 3 is 2.57 bits per heavy atom. The van der Waals surface area contributed by atoms with Crippen molar-refractivity contribution in [3.05, 3.63) is 34.3 Å². The quantitative estimate of drug-likeness (QED) is 0.754. The molecule has 0 aromatic heterocycles. The summed E-state index contributed by atoms with van der Waals surface area (Å²) in [6, 6.07) is 8.06. The molecule has 1 heterocycles. The summed E-state index contributed by atoms with van der Waals surface area (Å²) in [5.74, 6) is 0.0469. The number of carbonyl (C=O) groups excluding carboxylic acids is 2. The van der Waals surface area contributed by atoms with Crippen LogP contribution in [-0.4, -0.2) is 36.5 Å². The minimum atomic E-state index is -0.333. The summed E-state index contributed by atoms with van der Waals surface area (Å²) in [4.78, 5) is 26.7. The van der Waals surface area contributed by atoms with Crippen molar-refractivity contribution in [1.82, 2.24) is 4.90 Å². The van der Waals surface area contributed by atoms with Gasteiger partial charge in [-0.3, -0.25) is 9.59 Å². The van der Waals surface area contributed by atoms with E-state index in [-0.39, 0.29) is 23.2 Å². The lowest BCUT2D eigenvalue weighted by Gasteiger charge is -2.33. The van der Waals surface area contributed by atoms with Crippen LogP contribution in [0.5, 0.6) is 0 Å². The number of amides is 1. The van der Waals surface area contributed by atoms with Gasteiger partial charge in [0, 0.05) is 17.6 Å². The molecule has 1 aromatic rings. The summed E-state index contributed by atoms with van der Waals surface area (Å²) in [5.41, 5.74) is 0.768. The van der Waals surface area contributed by atoms with E-state index in [2.05, 4.69) is 22.0 Å². The smallest absolute Gasteiger partial charge is 0.309 e. The van der Waals surface area contributed by atoms with E-state index in [1.165, 1.54) is 0 Å². The number of esters is 1. The molecule has 4 nitrogen and oxygen atoms in total. The molecule has 0 atom stereocenters. The molecule has 0 radical (unpaired) electrons. The Bertz CT molecular complexity index is 604. The van der Waals surface area contributed by atoms with Crippen LogP contribution in [0.4, 0.5) is 0 Å². The molecule has 2 aliphatic rings. The molecule has 124 valence electrons. The first-order chi connectivity index (χ1) is 11.1. The van der Waals surface area contributed by atoms with Gasteiger partial charge >= 0.3 is 5.97 Å². The van der Waals surface area contributed by atoms with Crippen molar-refractivity contribution in [2.45, 2.75) is 38.0 Å². The Balaban J connectivity index is 1.65. The number of piperidine rings is 1. The maximum atomic E-state index is 13.0. The van der Waals surface area contributed by atoms with Crippen LogP contribution >= 0.6 is 15.9 Å². The Morgan fingerprint density at radius 2 is 2.00 bits per heavy atom. The molecule has 3 rings (SSSR count). The molecule has 5 heteroatoms. The number of ether oxygens (including phenoxy) is 1. The molecule has 0 N–H and O–H groups in total. The number of benzene rings is 1. The highest BCUT2D eigenvalue weighted by atomic mass is 79.9. The van der Waals surface area contributed by atoms with Gasteiger partial charge in [0.2, 0.25) is 5.91 Å². The van der Waals surface area contributed by atoms with E-state index in [1.54, 1.807) is 0 Å². The van der Waals surface area contributed by atoms with E-state index in [0.29, 0.717) is 32.5 Å². The number of hydrogen-bond acceptors (Lipinski definition) is 3. The van der Waals surface area contributed by atoms with E-state index in [4.69, 9.17) is 4.74 Å². The van der Waals surface area contributed by atoms with Crippen LogP contribution in [0.15, 0.2) is 28.7 Å². The van der Waals surface area contributed by atoms with Gasteiger partial charge in [-0.2, -0.15) is 0 Å². The average Bonchev–Trinajstić information content (AvgIpc) is 3.36. The summed E-state index contributed by atoms with van der Waals surface area (Å²) in [6.45, 7) is 3.55. The van der Waals surface area contributed by atoms with Crippen LogP contribution in [0.1, 0.15) is 38.2 Å². The van der Waals surface area contributed by atoms with E-state index in [1.807, 2.05) is 30.0 Å². The first-order valence-corrected chi connectivity index (χ1v) is 9.08. The zero-order valence-corrected chi connectivity index (χ0v) is 15.0. The minimum Gasteiger partial charge on any atom is -0.466 e. The van der Waals surface area contributed by atoms with Crippen molar-refractivity contribution in [2.75, 3.05) is 19.7 Å². The fourth-order valence-corrected chi connectivity index (χ4v) is 3.82. The third-order valence-electron chi connectivity index (χ3n) is 4.94. The number of likely N-dealkylation sites (tertiary alicyclic amines) is 1. The first-order valence-electron chi connectivity index (χ1n) is 8.29. The van der Waals surface area contributed by atoms with Crippen LogP contribution in [0, 0.1) is 5.92 Å². The van der Waals surface area contributed by atoms with Gasteiger partial charge in [-0.15, -0.1) is 0 Å². The third-order valence-corrected chi connectivity index (χ3v) is 5.43. The summed E-state index contributed by atoms with van der Waals surface area (Å²) in [5, 5.41) is 0. The second kappa shape index (κ2) is 6.63. The van der Waals surface area contributed by atoms with Gasteiger partial charge in [-0.1, -0.05) is 28.1 Å². The van der Waals surface area contributed by atoms with E-state index in [0.717, 1.165) is 22.9 Å². The number of halogens is 1. The van der Waals surface area contributed by atoms with E-state index < -0.39 is 0 Å². The van der Waals surface area contributed by atoms with Crippen LogP contribution in [0.25, 0.3) is 0 Å². The molecule has 1 aliphatic heterocycles. The molecule has 1 saturated carbocycles. The maximum absolute atomic E-state index is 13.0. The number of nitrogens with zero attached hydrogens (tertiary/aromatic N) is 1. The molecule has 0 bridgehead atoms. The van der Waals surface area contributed by atoms with Gasteiger partial charge in [0.25, 0.3) is 0 Å². The molecule has 23 heavy (non-hydrogen) atoms. The van der Waals surface area contributed by atoms with Crippen molar-refractivity contribution in [1.29, 1.82) is 0 Å². The van der Waals surface area contributed by atoms with Crippen LogP contribution in [0.2, 0.25) is 0 Å². The highest BCUT2D eigenvalue weighted by molar-refractivity contribution is 9.10. The lowest BCUT2D eigenvalue weighted by molar-refractivity contribution is -0.151. The molecule has 1 amide bonds. The fraction of sp³-hybridized carbons (Fsp3) is 0.556. The molecule has 2 fully saturated rings. The molecular weight excluding hydrogens is 358 g/mol. The lowest BCUT2D eigenvalue weighted by Crippen LogP contribution is -2.45. The number of rotatable bonds is 4. The first kappa shape index (κ1) is 16.5. The molecule has 0 spiro atoms. The van der Waals surface area contributed by atoms with Gasteiger partial charge in [0.05, 0.1) is 17.9 Å². The standard InChI is InChI=1S/C18H22BrNO3/c1-2-23-16(21)13-6-10-20(11-7-13)17(22)18(8-9-18)14-4-3-5-15(19)12-14/h3-5,12-13H,2,6-11H2,1H3. The second-order valence-corrected chi connectivity index (χ2v) is 7.33. The van der Waals surface area contributed by atoms with Crippen molar-refractivity contribution in [3.63, 3.8) is 0 Å². The summed E-state index contributed by atoms with van der Waals surface area (Å²) >= 11 is 3.49. The zero-order valence-electron chi connectivity index (χ0n) is 13.4. The summed E-state index contributed by atoms with van der Waals surface area (Å²) < 4.78 is 6.10. The third kappa shape index (κ3) is 3.30. The Labute approximate surface area is 145 Å². The topological polar surface area (TPSA) is 46.6 Å². The van der Waals surface area contributed by atoms with Gasteiger partial charge in [-0.05, 0) is 50.3 Å². The van der Waals surface area contributed by atoms with Gasteiger partial charge in [-0.25, -0.2) is 0 Å². The van der Waals surface area contributed by atoms with Gasteiger partial charge in [0.15, 0.2) is 0 Å².